The Morgan fingerprint density at radius 1 is 1.43 bits per heavy atom. The average Bonchev–Trinajstić information content (AvgIpc) is 2.57. The summed E-state index contributed by atoms with van der Waals surface area (Å²) in [4.78, 5) is 4.16. The Kier molecular flexibility index (Phi) is 2.70. The molecule has 0 atom stereocenters. The van der Waals surface area contributed by atoms with Gasteiger partial charge in [-0.2, -0.15) is 5.10 Å². The van der Waals surface area contributed by atoms with Crippen LogP contribution in [0.25, 0.3) is 11.7 Å². The number of rotatable bonds is 2. The van der Waals surface area contributed by atoms with Crippen molar-refractivity contribution < 1.29 is 0 Å². The van der Waals surface area contributed by atoms with Crippen LogP contribution in [-0.4, -0.2) is 20.5 Å². The number of allylic oxidation sites excluding steroid dienone is 1. The standard InChI is InChI=1S/C9H7Cl2N3/c10-5-1-2-7-6-12-9-4-3-8(11)13-14(7)9/h1-4,6H,5H2. The van der Waals surface area contributed by atoms with Crippen molar-refractivity contribution in [3.05, 3.63) is 35.3 Å². The van der Waals surface area contributed by atoms with Crippen molar-refractivity contribution in [2.24, 2.45) is 0 Å². The zero-order valence-corrected chi connectivity index (χ0v) is 8.70. The molecule has 0 radical (unpaired) electrons. The van der Waals surface area contributed by atoms with Crippen molar-refractivity contribution in [3.8, 4) is 0 Å². The van der Waals surface area contributed by atoms with Crippen LogP contribution in [0.4, 0.5) is 0 Å². The smallest absolute Gasteiger partial charge is 0.154 e. The first kappa shape index (κ1) is 9.49. The molecule has 0 N–H and O–H groups in total. The highest BCUT2D eigenvalue weighted by Gasteiger charge is 2.01. The molecule has 2 aromatic heterocycles. The maximum absolute atomic E-state index is 5.77. The van der Waals surface area contributed by atoms with Gasteiger partial charge in [-0.15, -0.1) is 11.6 Å². The molecule has 0 bridgehead atoms. The minimum absolute atomic E-state index is 0.441. The summed E-state index contributed by atoms with van der Waals surface area (Å²) in [6, 6.07) is 3.52. The van der Waals surface area contributed by atoms with Crippen LogP contribution in [0.3, 0.4) is 0 Å². The van der Waals surface area contributed by atoms with E-state index in [0.717, 1.165) is 11.3 Å². The third-order valence-corrected chi connectivity index (χ3v) is 2.11. The summed E-state index contributed by atoms with van der Waals surface area (Å²) in [6.07, 6.45) is 5.41. The van der Waals surface area contributed by atoms with Crippen molar-refractivity contribution in [2.75, 3.05) is 5.88 Å². The molecule has 14 heavy (non-hydrogen) atoms. The van der Waals surface area contributed by atoms with Gasteiger partial charge in [0.15, 0.2) is 5.65 Å². The zero-order chi connectivity index (χ0) is 9.97. The molecule has 0 spiro atoms. The molecule has 0 amide bonds. The quantitative estimate of drug-likeness (QED) is 0.739. The summed E-state index contributed by atoms with van der Waals surface area (Å²) in [5, 5.41) is 4.55. The maximum atomic E-state index is 5.77. The van der Waals surface area contributed by atoms with Gasteiger partial charge in [0.05, 0.1) is 11.9 Å². The predicted molar refractivity (Wildman–Crippen MR) is 57.8 cm³/mol. The molecule has 0 aliphatic heterocycles. The molecule has 2 heterocycles. The highest BCUT2D eigenvalue weighted by molar-refractivity contribution is 6.29. The molecule has 2 aromatic rings. The van der Waals surface area contributed by atoms with Crippen molar-refractivity contribution in [3.63, 3.8) is 0 Å². The van der Waals surface area contributed by atoms with E-state index < -0.39 is 0 Å². The van der Waals surface area contributed by atoms with E-state index in [1.54, 1.807) is 16.8 Å². The first-order valence-electron chi connectivity index (χ1n) is 4.04. The van der Waals surface area contributed by atoms with Crippen LogP contribution in [0, 0.1) is 0 Å². The van der Waals surface area contributed by atoms with Crippen molar-refractivity contribution >= 4 is 34.9 Å². The molecular weight excluding hydrogens is 221 g/mol. The minimum atomic E-state index is 0.441. The second kappa shape index (κ2) is 3.98. The van der Waals surface area contributed by atoms with Crippen molar-refractivity contribution in [1.82, 2.24) is 14.6 Å². The zero-order valence-electron chi connectivity index (χ0n) is 7.19. The van der Waals surface area contributed by atoms with Gasteiger partial charge in [0, 0.05) is 5.88 Å². The monoisotopic (exact) mass is 227 g/mol. The van der Waals surface area contributed by atoms with E-state index >= 15 is 0 Å². The second-order valence-corrected chi connectivity index (χ2v) is 3.36. The number of hydrogen-bond acceptors (Lipinski definition) is 2. The first-order chi connectivity index (χ1) is 6.81. The number of hydrogen-bond donors (Lipinski definition) is 0. The number of nitrogens with zero attached hydrogens (tertiary/aromatic N) is 3. The maximum Gasteiger partial charge on any atom is 0.154 e. The minimum Gasteiger partial charge on any atom is -0.235 e. The fraction of sp³-hybridized carbons (Fsp3) is 0.111. The van der Waals surface area contributed by atoms with Crippen LogP contribution in [0.5, 0.6) is 0 Å². The highest BCUT2D eigenvalue weighted by atomic mass is 35.5. The summed E-state index contributed by atoms with van der Waals surface area (Å²) < 4.78 is 1.67. The van der Waals surface area contributed by atoms with Crippen LogP contribution < -0.4 is 0 Å². The molecular formula is C9H7Cl2N3. The van der Waals surface area contributed by atoms with Gasteiger partial charge in [0.25, 0.3) is 0 Å². The summed E-state index contributed by atoms with van der Waals surface area (Å²) in [6.45, 7) is 0. The number of imidazole rings is 1. The van der Waals surface area contributed by atoms with E-state index in [1.165, 1.54) is 0 Å². The van der Waals surface area contributed by atoms with Crippen LogP contribution in [0.2, 0.25) is 5.15 Å². The van der Waals surface area contributed by atoms with Crippen molar-refractivity contribution in [2.45, 2.75) is 0 Å². The van der Waals surface area contributed by atoms with Gasteiger partial charge in [-0.25, -0.2) is 9.50 Å². The molecule has 0 aliphatic carbocycles. The summed E-state index contributed by atoms with van der Waals surface area (Å²) in [5.41, 5.74) is 1.63. The Bertz CT molecular complexity index is 476. The van der Waals surface area contributed by atoms with Gasteiger partial charge in [-0.1, -0.05) is 17.7 Å². The fourth-order valence-electron chi connectivity index (χ4n) is 1.15. The molecule has 5 heteroatoms. The van der Waals surface area contributed by atoms with Gasteiger partial charge in [-0.3, -0.25) is 0 Å². The van der Waals surface area contributed by atoms with E-state index in [4.69, 9.17) is 23.2 Å². The fourth-order valence-corrected chi connectivity index (χ4v) is 1.38. The van der Waals surface area contributed by atoms with E-state index in [2.05, 4.69) is 10.1 Å². The predicted octanol–water partition coefficient (Wildman–Crippen LogP) is 2.63. The molecule has 0 saturated carbocycles. The lowest BCUT2D eigenvalue weighted by atomic mass is 10.4. The molecule has 3 nitrogen and oxygen atoms in total. The number of aromatic nitrogens is 3. The third-order valence-electron chi connectivity index (χ3n) is 1.73. The largest absolute Gasteiger partial charge is 0.235 e. The number of fused-ring (bicyclic) bond motifs is 1. The molecule has 0 saturated heterocycles. The van der Waals surface area contributed by atoms with E-state index in [9.17, 15) is 0 Å². The van der Waals surface area contributed by atoms with Gasteiger partial charge in [0.1, 0.15) is 5.15 Å². The molecule has 2 rings (SSSR count). The third kappa shape index (κ3) is 1.74. The SMILES string of the molecule is ClCC=Cc1cnc2ccc(Cl)nn12. The van der Waals surface area contributed by atoms with Crippen LogP contribution >= 0.6 is 23.2 Å². The van der Waals surface area contributed by atoms with Gasteiger partial charge in [-0.05, 0) is 18.2 Å². The Morgan fingerprint density at radius 3 is 3.07 bits per heavy atom. The van der Waals surface area contributed by atoms with Crippen molar-refractivity contribution in [1.29, 1.82) is 0 Å². The lowest BCUT2D eigenvalue weighted by Gasteiger charge is -1.95. The van der Waals surface area contributed by atoms with E-state index in [-0.39, 0.29) is 0 Å². The Morgan fingerprint density at radius 2 is 2.29 bits per heavy atom. The topological polar surface area (TPSA) is 30.2 Å². The summed E-state index contributed by atoms with van der Waals surface area (Å²) in [5.74, 6) is 0.466. The highest BCUT2D eigenvalue weighted by Crippen LogP contribution is 2.10. The molecule has 0 fully saturated rings. The average molecular weight is 228 g/mol. The van der Waals surface area contributed by atoms with Gasteiger partial charge in [0.2, 0.25) is 0 Å². The summed E-state index contributed by atoms with van der Waals surface area (Å²) >= 11 is 11.3. The first-order valence-corrected chi connectivity index (χ1v) is 4.95. The summed E-state index contributed by atoms with van der Waals surface area (Å²) in [7, 11) is 0. The van der Waals surface area contributed by atoms with Crippen LogP contribution in [0.1, 0.15) is 5.69 Å². The van der Waals surface area contributed by atoms with Gasteiger partial charge < -0.3 is 0 Å². The second-order valence-electron chi connectivity index (χ2n) is 2.67. The van der Waals surface area contributed by atoms with Crippen LogP contribution in [0.15, 0.2) is 24.4 Å². The molecule has 0 aromatic carbocycles. The lowest BCUT2D eigenvalue weighted by molar-refractivity contribution is 0.926. The Balaban J connectivity index is 2.55. The van der Waals surface area contributed by atoms with E-state index in [1.807, 2.05) is 18.2 Å². The Labute approximate surface area is 91.0 Å². The Hall–Kier alpha value is -1.06. The molecule has 72 valence electrons. The normalized spacial score (nSPS) is 11.6. The molecule has 0 unspecified atom stereocenters. The van der Waals surface area contributed by atoms with E-state index in [0.29, 0.717) is 11.0 Å². The number of alkyl halides is 1. The number of halogens is 2. The molecule has 0 aliphatic rings. The van der Waals surface area contributed by atoms with Gasteiger partial charge >= 0.3 is 0 Å². The van der Waals surface area contributed by atoms with Crippen LogP contribution in [-0.2, 0) is 0 Å². The lowest BCUT2D eigenvalue weighted by Crippen LogP contribution is -1.93.